The van der Waals surface area contributed by atoms with Crippen molar-refractivity contribution >= 4 is 29.6 Å². The maximum Gasteiger partial charge on any atom is 0.490 e. The summed E-state index contributed by atoms with van der Waals surface area (Å²) in [6.45, 7) is 4.64. The van der Waals surface area contributed by atoms with E-state index in [1.807, 2.05) is 31.3 Å². The molecule has 3 aromatic rings. The molecular weight excluding hydrogens is 666 g/mol. The molecule has 49 heavy (non-hydrogen) atoms. The van der Waals surface area contributed by atoms with Gasteiger partial charge in [-0.25, -0.2) is 14.6 Å². The summed E-state index contributed by atoms with van der Waals surface area (Å²) in [7, 11) is 0. The topological polar surface area (TPSA) is 197 Å². The minimum atomic E-state index is -5.08. The van der Waals surface area contributed by atoms with Crippen molar-refractivity contribution in [1.82, 2.24) is 25.9 Å². The number of anilines is 1. The number of nitrogens with two attached hydrogens (primary N) is 1. The number of benzene rings is 1. The molecule has 3 heterocycles. The Hall–Kier alpha value is -5.26. The second kappa shape index (κ2) is 17.8. The zero-order valence-electron chi connectivity index (χ0n) is 26.1. The highest BCUT2D eigenvalue weighted by molar-refractivity contribution is 5.89. The predicted molar refractivity (Wildman–Crippen MR) is 163 cm³/mol. The molecule has 1 aliphatic heterocycles. The van der Waals surface area contributed by atoms with Crippen LogP contribution in [0.4, 0.5) is 32.2 Å². The van der Waals surface area contributed by atoms with Crippen molar-refractivity contribution < 1.29 is 55.7 Å². The Bertz CT molecular complexity index is 1550. The maximum atomic E-state index is 12.7. The number of carboxylic acid groups (broad SMARTS) is 2. The molecular formula is C31H34F6N6O6. The van der Waals surface area contributed by atoms with Gasteiger partial charge in [-0.05, 0) is 73.5 Å². The first-order valence-corrected chi connectivity index (χ1v) is 14.4. The van der Waals surface area contributed by atoms with Crippen molar-refractivity contribution in [2.75, 3.05) is 12.3 Å². The molecule has 7 N–H and O–H groups in total. The van der Waals surface area contributed by atoms with E-state index in [1.54, 1.807) is 19.2 Å². The third-order valence-corrected chi connectivity index (χ3v) is 6.92. The fourth-order valence-electron chi connectivity index (χ4n) is 4.38. The van der Waals surface area contributed by atoms with E-state index in [1.165, 1.54) is 5.56 Å². The van der Waals surface area contributed by atoms with Gasteiger partial charge < -0.3 is 31.9 Å². The molecule has 12 nitrogen and oxygen atoms in total. The molecule has 2 amide bonds. The van der Waals surface area contributed by atoms with Gasteiger partial charge in [-0.15, -0.1) is 0 Å². The molecule has 0 unspecified atom stereocenters. The number of halogens is 6. The van der Waals surface area contributed by atoms with Crippen LogP contribution in [0, 0.1) is 12.8 Å². The van der Waals surface area contributed by atoms with Gasteiger partial charge in [0.2, 0.25) is 11.8 Å². The van der Waals surface area contributed by atoms with E-state index in [4.69, 9.17) is 25.5 Å². The number of nitrogens with one attached hydrogen (secondary N) is 3. The lowest BCUT2D eigenvalue weighted by atomic mass is 9.95. The van der Waals surface area contributed by atoms with Crippen LogP contribution in [0.3, 0.4) is 0 Å². The number of nitrogen functional groups attached to an aromatic ring is 1. The molecule has 2 aromatic heterocycles. The second-order valence-corrected chi connectivity index (χ2v) is 10.7. The van der Waals surface area contributed by atoms with Crippen LogP contribution in [0.25, 0.3) is 11.1 Å². The number of aryl methyl sites for hydroxylation is 1. The molecule has 1 saturated heterocycles. The fourth-order valence-corrected chi connectivity index (χ4v) is 4.38. The van der Waals surface area contributed by atoms with Gasteiger partial charge in [0.15, 0.2) is 0 Å². The Morgan fingerprint density at radius 3 is 2.06 bits per heavy atom. The summed E-state index contributed by atoms with van der Waals surface area (Å²) in [5, 5.41) is 23.2. The largest absolute Gasteiger partial charge is 0.490 e. The van der Waals surface area contributed by atoms with E-state index in [2.05, 4.69) is 50.2 Å². The fraction of sp³-hybridized carbons (Fsp3) is 0.355. The number of carbonyl (C=O) groups excluding carboxylic acids is 2. The summed E-state index contributed by atoms with van der Waals surface area (Å²) in [6.07, 6.45) is -4.91. The number of amides is 2. The zero-order valence-corrected chi connectivity index (χ0v) is 26.1. The van der Waals surface area contributed by atoms with E-state index < -0.39 is 30.3 Å². The molecule has 0 spiro atoms. The van der Waals surface area contributed by atoms with Crippen LogP contribution in [-0.4, -0.2) is 74.9 Å². The number of hydrogen-bond acceptors (Lipinski definition) is 8. The van der Waals surface area contributed by atoms with Gasteiger partial charge in [0.25, 0.3) is 0 Å². The summed E-state index contributed by atoms with van der Waals surface area (Å²) in [4.78, 5) is 51.4. The average molecular weight is 701 g/mol. The summed E-state index contributed by atoms with van der Waals surface area (Å²) >= 11 is 0. The lowest BCUT2D eigenvalue weighted by Crippen LogP contribution is -2.50. The summed E-state index contributed by atoms with van der Waals surface area (Å²) in [5.41, 5.74) is 10.8. The Balaban J connectivity index is 0.000000500. The van der Waals surface area contributed by atoms with Crippen molar-refractivity contribution in [2.45, 2.75) is 57.7 Å². The van der Waals surface area contributed by atoms with Crippen molar-refractivity contribution in [1.29, 1.82) is 0 Å². The zero-order chi connectivity index (χ0) is 36.9. The average Bonchev–Trinajstić information content (AvgIpc) is 3.49. The molecule has 0 bridgehead atoms. The van der Waals surface area contributed by atoms with E-state index in [0.29, 0.717) is 18.3 Å². The number of aliphatic carboxylic acids is 2. The van der Waals surface area contributed by atoms with Crippen molar-refractivity contribution in [3.63, 3.8) is 0 Å². The van der Waals surface area contributed by atoms with Gasteiger partial charge in [0, 0.05) is 24.6 Å². The van der Waals surface area contributed by atoms with Crippen LogP contribution in [-0.2, 0) is 32.1 Å². The number of carboxylic acids is 2. The number of aromatic nitrogens is 2. The van der Waals surface area contributed by atoms with E-state index in [9.17, 15) is 35.9 Å². The molecule has 4 rings (SSSR count). The number of nitrogens with zero attached hydrogens (tertiary/aromatic N) is 2. The predicted octanol–water partition coefficient (Wildman–Crippen LogP) is 3.64. The lowest BCUT2D eigenvalue weighted by molar-refractivity contribution is -0.193. The third kappa shape index (κ3) is 13.8. The first-order chi connectivity index (χ1) is 22.8. The van der Waals surface area contributed by atoms with Gasteiger partial charge in [-0.1, -0.05) is 36.4 Å². The van der Waals surface area contributed by atoms with Gasteiger partial charge in [-0.3, -0.25) is 14.6 Å². The maximum absolute atomic E-state index is 12.7. The SMILES string of the molecule is Cc1nc(N)ccc1CNC(=O)[C@H](C)NC(=O)[C@H]1C[C@H](Cc2ccc(-c3cccnc3)cc2)CN1.O=C(O)C(F)(F)F.O=C(O)C(F)(F)F. The minimum absolute atomic E-state index is 0.146. The molecule has 0 saturated carbocycles. The summed E-state index contributed by atoms with van der Waals surface area (Å²) < 4.78 is 63.5. The molecule has 1 aromatic carbocycles. The van der Waals surface area contributed by atoms with Crippen molar-refractivity contribution in [2.24, 2.45) is 5.92 Å². The monoisotopic (exact) mass is 700 g/mol. The van der Waals surface area contributed by atoms with E-state index in [0.717, 1.165) is 41.8 Å². The van der Waals surface area contributed by atoms with Crippen molar-refractivity contribution in [3.05, 3.63) is 77.7 Å². The molecule has 0 aliphatic carbocycles. The van der Waals surface area contributed by atoms with Crippen LogP contribution in [0.5, 0.6) is 0 Å². The Labute approximate surface area is 276 Å². The number of alkyl halides is 6. The molecule has 0 radical (unpaired) electrons. The van der Waals surface area contributed by atoms with Crippen LogP contribution < -0.4 is 21.7 Å². The van der Waals surface area contributed by atoms with Gasteiger partial charge in [0.05, 0.1) is 6.04 Å². The highest BCUT2D eigenvalue weighted by atomic mass is 19.4. The first kappa shape index (κ1) is 39.9. The highest BCUT2D eigenvalue weighted by Crippen LogP contribution is 2.23. The van der Waals surface area contributed by atoms with Gasteiger partial charge >= 0.3 is 24.3 Å². The van der Waals surface area contributed by atoms with Gasteiger partial charge in [-0.2, -0.15) is 26.3 Å². The summed E-state index contributed by atoms with van der Waals surface area (Å²) in [5.74, 6) is -5.09. The quantitative estimate of drug-likeness (QED) is 0.189. The van der Waals surface area contributed by atoms with Crippen LogP contribution >= 0.6 is 0 Å². The number of pyridine rings is 2. The van der Waals surface area contributed by atoms with Crippen LogP contribution in [0.1, 0.15) is 30.2 Å². The summed E-state index contributed by atoms with van der Waals surface area (Å²) in [6, 6.07) is 15.1. The molecule has 1 fully saturated rings. The number of carbonyl (C=O) groups is 4. The molecule has 3 atom stereocenters. The van der Waals surface area contributed by atoms with Crippen LogP contribution in [0.15, 0.2) is 60.9 Å². The second-order valence-electron chi connectivity index (χ2n) is 10.7. The van der Waals surface area contributed by atoms with Gasteiger partial charge in [0.1, 0.15) is 11.9 Å². The number of hydrogen-bond donors (Lipinski definition) is 6. The molecule has 18 heteroatoms. The molecule has 1 aliphatic rings. The number of rotatable bonds is 8. The van der Waals surface area contributed by atoms with E-state index in [-0.39, 0.29) is 17.9 Å². The first-order valence-electron chi connectivity index (χ1n) is 14.4. The lowest BCUT2D eigenvalue weighted by Gasteiger charge is -2.17. The smallest absolute Gasteiger partial charge is 0.475 e. The van der Waals surface area contributed by atoms with Crippen molar-refractivity contribution in [3.8, 4) is 11.1 Å². The van der Waals surface area contributed by atoms with E-state index >= 15 is 0 Å². The molecule has 266 valence electrons. The Morgan fingerprint density at radius 2 is 1.55 bits per heavy atom. The van der Waals surface area contributed by atoms with Crippen LogP contribution in [0.2, 0.25) is 0 Å². The Morgan fingerprint density at radius 1 is 0.959 bits per heavy atom. The normalized spacial score (nSPS) is 16.2. The standard InChI is InChI=1S/C27H32N6O2.2C2HF3O2/c1-17-22(9-10-25(28)32-17)16-31-26(34)18(2)33-27(35)24-13-20(14-30-24)12-19-5-7-21(8-6-19)23-4-3-11-29-15-23;2*3-2(4,5)1(6)7/h3-11,15,18,20,24,30H,12-14,16H2,1-2H3,(H2,28,32)(H,31,34)(H,33,35);2*(H,6,7)/t18-,20-,24+;;/m0../s1. The Kier molecular flexibility index (Phi) is 14.5. The minimum Gasteiger partial charge on any atom is -0.475 e. The highest BCUT2D eigenvalue weighted by Gasteiger charge is 2.39. The third-order valence-electron chi connectivity index (χ3n) is 6.92.